The second kappa shape index (κ2) is 8.84. The van der Waals surface area contributed by atoms with E-state index in [0.29, 0.717) is 52.9 Å². The monoisotopic (exact) mass is 363 g/mol. The van der Waals surface area contributed by atoms with Crippen molar-refractivity contribution in [1.82, 2.24) is 0 Å². The van der Waals surface area contributed by atoms with Crippen LogP contribution in [0.2, 0.25) is 0 Å². The molecule has 2 heterocycles. The SMILES string of the molecule is CC1=NC(C)(C)Cc2cc3c(cc21)OCCOCCOCCOCCO3. The van der Waals surface area contributed by atoms with Gasteiger partial charge in [-0.05, 0) is 44.9 Å². The Bertz CT molecular complexity index is 641. The molecule has 26 heavy (non-hydrogen) atoms. The van der Waals surface area contributed by atoms with Crippen molar-refractivity contribution in [2.45, 2.75) is 32.7 Å². The van der Waals surface area contributed by atoms with Gasteiger partial charge >= 0.3 is 0 Å². The van der Waals surface area contributed by atoms with Crippen LogP contribution in [0.3, 0.4) is 0 Å². The summed E-state index contributed by atoms with van der Waals surface area (Å²) in [5.74, 6) is 1.48. The van der Waals surface area contributed by atoms with Gasteiger partial charge in [0.05, 0.1) is 45.2 Å². The second-order valence-corrected chi connectivity index (χ2v) is 7.18. The molecule has 0 aliphatic carbocycles. The lowest BCUT2D eigenvalue weighted by Gasteiger charge is -2.29. The minimum Gasteiger partial charge on any atom is -0.487 e. The molecule has 2 aliphatic rings. The molecule has 6 nitrogen and oxygen atoms in total. The zero-order valence-corrected chi connectivity index (χ0v) is 16.0. The molecule has 0 bridgehead atoms. The highest BCUT2D eigenvalue weighted by Gasteiger charge is 2.26. The van der Waals surface area contributed by atoms with E-state index < -0.39 is 0 Å². The number of hydrogen-bond acceptors (Lipinski definition) is 6. The normalized spacial score (nSPS) is 21.7. The molecule has 0 saturated heterocycles. The van der Waals surface area contributed by atoms with Gasteiger partial charge in [0.15, 0.2) is 11.5 Å². The van der Waals surface area contributed by atoms with Crippen LogP contribution in [0.1, 0.15) is 31.9 Å². The lowest BCUT2D eigenvalue weighted by Crippen LogP contribution is -2.28. The molecule has 0 saturated carbocycles. The summed E-state index contributed by atoms with van der Waals surface area (Å²) in [6.45, 7) is 10.6. The standard InChI is InChI=1S/C20H29NO5/c1-15-17-13-19-18(12-16(17)14-20(2,3)21-15)25-10-8-23-6-4-22-5-7-24-9-11-26-19/h12-13H,4-11,14H2,1-3H3. The molecule has 144 valence electrons. The number of rotatable bonds is 0. The molecule has 0 N–H and O–H groups in total. The molecule has 0 spiro atoms. The fraction of sp³-hybridized carbons (Fsp3) is 0.650. The predicted octanol–water partition coefficient (Wildman–Crippen LogP) is 2.65. The average Bonchev–Trinajstić information content (AvgIpc) is 2.58. The molecule has 2 aliphatic heterocycles. The Morgan fingerprint density at radius 1 is 0.769 bits per heavy atom. The Kier molecular flexibility index (Phi) is 6.51. The Morgan fingerprint density at radius 3 is 1.85 bits per heavy atom. The van der Waals surface area contributed by atoms with E-state index in [1.807, 2.05) is 6.07 Å². The third-order valence-corrected chi connectivity index (χ3v) is 4.37. The van der Waals surface area contributed by atoms with Gasteiger partial charge in [0.25, 0.3) is 0 Å². The Morgan fingerprint density at radius 2 is 1.27 bits per heavy atom. The van der Waals surface area contributed by atoms with Crippen molar-refractivity contribution in [1.29, 1.82) is 0 Å². The molecule has 0 radical (unpaired) electrons. The molecule has 1 aromatic carbocycles. The summed E-state index contributed by atoms with van der Waals surface area (Å²) >= 11 is 0. The summed E-state index contributed by atoms with van der Waals surface area (Å²) in [4.78, 5) is 4.80. The quantitative estimate of drug-likeness (QED) is 0.709. The van der Waals surface area contributed by atoms with Crippen LogP contribution < -0.4 is 9.47 Å². The summed E-state index contributed by atoms with van der Waals surface area (Å²) in [5, 5.41) is 0. The first-order chi connectivity index (χ1) is 12.6. The van der Waals surface area contributed by atoms with Crippen molar-refractivity contribution in [2.75, 3.05) is 52.9 Å². The Balaban J connectivity index is 1.79. The van der Waals surface area contributed by atoms with Crippen LogP contribution in [0.25, 0.3) is 0 Å². The van der Waals surface area contributed by atoms with Gasteiger partial charge in [0.1, 0.15) is 13.2 Å². The van der Waals surface area contributed by atoms with Gasteiger partial charge in [0, 0.05) is 11.3 Å². The summed E-state index contributed by atoms with van der Waals surface area (Å²) < 4.78 is 28.4. The van der Waals surface area contributed by atoms with Crippen LogP contribution in [0.4, 0.5) is 0 Å². The largest absolute Gasteiger partial charge is 0.487 e. The van der Waals surface area contributed by atoms with Crippen molar-refractivity contribution in [3.05, 3.63) is 23.3 Å². The van der Waals surface area contributed by atoms with Gasteiger partial charge in [-0.2, -0.15) is 0 Å². The van der Waals surface area contributed by atoms with E-state index in [1.165, 1.54) is 5.56 Å². The molecule has 6 heteroatoms. The number of hydrogen-bond donors (Lipinski definition) is 0. The highest BCUT2D eigenvalue weighted by molar-refractivity contribution is 6.01. The third kappa shape index (κ3) is 5.19. The number of ether oxygens (including phenoxy) is 5. The maximum Gasteiger partial charge on any atom is 0.161 e. The lowest BCUT2D eigenvalue weighted by molar-refractivity contribution is 0.00708. The van der Waals surface area contributed by atoms with Gasteiger partial charge in [0.2, 0.25) is 0 Å². The summed E-state index contributed by atoms with van der Waals surface area (Å²) in [6, 6.07) is 4.13. The molecular formula is C20H29NO5. The minimum absolute atomic E-state index is 0.0943. The highest BCUT2D eigenvalue weighted by Crippen LogP contribution is 2.36. The number of nitrogens with zero attached hydrogens (tertiary/aromatic N) is 1. The number of aliphatic imine (C=N–C) groups is 1. The fourth-order valence-electron chi connectivity index (χ4n) is 3.29. The predicted molar refractivity (Wildman–Crippen MR) is 99.9 cm³/mol. The van der Waals surface area contributed by atoms with Gasteiger partial charge < -0.3 is 23.7 Å². The average molecular weight is 363 g/mol. The van der Waals surface area contributed by atoms with Gasteiger partial charge in [-0.1, -0.05) is 0 Å². The van der Waals surface area contributed by atoms with Crippen LogP contribution in [-0.2, 0) is 20.6 Å². The Hall–Kier alpha value is -1.63. The van der Waals surface area contributed by atoms with Crippen molar-refractivity contribution < 1.29 is 23.7 Å². The topological polar surface area (TPSA) is 58.5 Å². The van der Waals surface area contributed by atoms with E-state index in [-0.39, 0.29) is 5.54 Å². The highest BCUT2D eigenvalue weighted by atomic mass is 16.6. The van der Waals surface area contributed by atoms with Gasteiger partial charge in [-0.3, -0.25) is 4.99 Å². The van der Waals surface area contributed by atoms with Crippen LogP contribution in [0, 0.1) is 0 Å². The molecule has 1 aromatic rings. The zero-order valence-electron chi connectivity index (χ0n) is 16.0. The summed E-state index contributed by atoms with van der Waals surface area (Å²) in [5.41, 5.74) is 3.32. The molecule has 0 unspecified atom stereocenters. The van der Waals surface area contributed by atoms with Gasteiger partial charge in [-0.25, -0.2) is 0 Å². The van der Waals surface area contributed by atoms with Crippen molar-refractivity contribution in [3.63, 3.8) is 0 Å². The first-order valence-electron chi connectivity index (χ1n) is 9.28. The van der Waals surface area contributed by atoms with Crippen LogP contribution >= 0.6 is 0 Å². The van der Waals surface area contributed by atoms with E-state index in [1.54, 1.807) is 0 Å². The molecular weight excluding hydrogens is 334 g/mol. The smallest absolute Gasteiger partial charge is 0.161 e. The van der Waals surface area contributed by atoms with Crippen LogP contribution in [-0.4, -0.2) is 64.1 Å². The van der Waals surface area contributed by atoms with Crippen LogP contribution in [0.15, 0.2) is 17.1 Å². The first kappa shape index (κ1) is 19.1. The number of fused-ring (bicyclic) bond motifs is 2. The number of benzene rings is 1. The lowest BCUT2D eigenvalue weighted by atomic mass is 9.87. The first-order valence-corrected chi connectivity index (χ1v) is 9.28. The maximum atomic E-state index is 5.96. The molecule has 0 atom stereocenters. The zero-order chi connectivity index (χ0) is 18.4. The summed E-state index contributed by atoms with van der Waals surface area (Å²) in [6.07, 6.45) is 0.882. The fourth-order valence-corrected chi connectivity index (χ4v) is 3.29. The Labute approximate surface area is 155 Å². The maximum absolute atomic E-state index is 5.96. The molecule has 0 aromatic heterocycles. The summed E-state index contributed by atoms with van der Waals surface area (Å²) in [7, 11) is 0. The third-order valence-electron chi connectivity index (χ3n) is 4.37. The molecule has 0 amide bonds. The van der Waals surface area contributed by atoms with Crippen molar-refractivity contribution in [2.24, 2.45) is 4.99 Å². The molecule has 3 rings (SSSR count). The van der Waals surface area contributed by atoms with E-state index in [4.69, 9.17) is 28.7 Å². The van der Waals surface area contributed by atoms with Crippen molar-refractivity contribution >= 4 is 5.71 Å². The molecule has 0 fully saturated rings. The van der Waals surface area contributed by atoms with E-state index in [9.17, 15) is 0 Å². The van der Waals surface area contributed by atoms with Crippen LogP contribution in [0.5, 0.6) is 11.5 Å². The minimum atomic E-state index is -0.0943. The van der Waals surface area contributed by atoms with E-state index in [0.717, 1.165) is 29.2 Å². The van der Waals surface area contributed by atoms with E-state index >= 15 is 0 Å². The van der Waals surface area contributed by atoms with Gasteiger partial charge in [-0.15, -0.1) is 0 Å². The van der Waals surface area contributed by atoms with E-state index in [2.05, 4.69) is 26.8 Å². The second-order valence-electron chi connectivity index (χ2n) is 7.18. The van der Waals surface area contributed by atoms with Crippen molar-refractivity contribution in [3.8, 4) is 11.5 Å².